The Morgan fingerprint density at radius 2 is 1.73 bits per heavy atom. The first-order valence-electron chi connectivity index (χ1n) is 6.23. The van der Waals surface area contributed by atoms with Gasteiger partial charge in [0.2, 0.25) is 0 Å². The molecule has 0 unspecified atom stereocenters. The molecule has 1 nitrogen and oxygen atoms in total. The van der Waals surface area contributed by atoms with Gasteiger partial charge in [-0.1, -0.05) is 35.3 Å². The summed E-state index contributed by atoms with van der Waals surface area (Å²) in [5.74, 6) is 0. The third kappa shape index (κ3) is 3.42. The van der Waals surface area contributed by atoms with Crippen LogP contribution in [-0.4, -0.2) is 10.6 Å². The van der Waals surface area contributed by atoms with Crippen LogP contribution in [0.2, 0.25) is 10.0 Å². The standard InChI is InChI=1S/C15H8Cl2F3NS/c16-10-3-1-8(2-4-10)11-5-9-6-14(22-15(18,19)20)21-13(9)7-12(11)17/h1-5,7H,6H2. The second kappa shape index (κ2) is 5.80. The lowest BCUT2D eigenvalue weighted by Gasteiger charge is -2.08. The largest absolute Gasteiger partial charge is 0.447 e. The van der Waals surface area contributed by atoms with E-state index in [1.165, 1.54) is 0 Å². The first-order chi connectivity index (χ1) is 10.3. The predicted molar refractivity (Wildman–Crippen MR) is 86.3 cm³/mol. The number of hydrogen-bond donors (Lipinski definition) is 0. The number of thioether (sulfide) groups is 1. The molecule has 0 aliphatic carbocycles. The molecule has 0 amide bonds. The summed E-state index contributed by atoms with van der Waals surface area (Å²) in [4.78, 5) is 4.00. The second-order valence-electron chi connectivity index (χ2n) is 4.70. The van der Waals surface area contributed by atoms with Crippen molar-refractivity contribution in [3.8, 4) is 11.1 Å². The minimum Gasteiger partial charge on any atom is -0.246 e. The minimum atomic E-state index is -4.33. The highest BCUT2D eigenvalue weighted by molar-refractivity contribution is 8.14. The van der Waals surface area contributed by atoms with Crippen molar-refractivity contribution in [3.05, 3.63) is 52.0 Å². The molecule has 7 heteroatoms. The van der Waals surface area contributed by atoms with E-state index < -0.39 is 5.51 Å². The van der Waals surface area contributed by atoms with Gasteiger partial charge in [0.05, 0.1) is 15.8 Å². The van der Waals surface area contributed by atoms with Gasteiger partial charge in [0.15, 0.2) is 0 Å². The van der Waals surface area contributed by atoms with Gasteiger partial charge < -0.3 is 0 Å². The van der Waals surface area contributed by atoms with E-state index in [9.17, 15) is 13.2 Å². The average Bonchev–Trinajstić information content (AvgIpc) is 2.77. The normalized spacial score (nSPS) is 14.0. The van der Waals surface area contributed by atoms with Crippen molar-refractivity contribution in [2.45, 2.75) is 11.9 Å². The highest BCUT2D eigenvalue weighted by atomic mass is 35.5. The number of benzene rings is 2. The maximum absolute atomic E-state index is 12.4. The molecule has 0 radical (unpaired) electrons. The van der Waals surface area contributed by atoms with Crippen LogP contribution in [0.5, 0.6) is 0 Å². The van der Waals surface area contributed by atoms with E-state index in [2.05, 4.69) is 4.99 Å². The van der Waals surface area contributed by atoms with Gasteiger partial charge in [-0.2, -0.15) is 13.2 Å². The smallest absolute Gasteiger partial charge is 0.246 e. The molecule has 114 valence electrons. The number of nitrogens with zero attached hydrogens (tertiary/aromatic N) is 1. The van der Waals surface area contributed by atoms with Gasteiger partial charge >= 0.3 is 5.51 Å². The third-order valence-electron chi connectivity index (χ3n) is 3.14. The van der Waals surface area contributed by atoms with E-state index >= 15 is 0 Å². The zero-order valence-corrected chi connectivity index (χ0v) is 13.2. The molecule has 22 heavy (non-hydrogen) atoms. The lowest BCUT2D eigenvalue weighted by molar-refractivity contribution is -0.0316. The summed E-state index contributed by atoms with van der Waals surface area (Å²) in [5, 5.41) is 1.09. The molecular formula is C15H8Cl2F3NS. The number of halogens is 5. The van der Waals surface area contributed by atoms with Crippen molar-refractivity contribution in [2.24, 2.45) is 4.99 Å². The van der Waals surface area contributed by atoms with Gasteiger partial charge in [0.25, 0.3) is 0 Å². The number of hydrogen-bond acceptors (Lipinski definition) is 2. The number of fused-ring (bicyclic) bond motifs is 1. The number of aliphatic imine (C=N–C) groups is 1. The van der Waals surface area contributed by atoms with Crippen molar-refractivity contribution in [3.63, 3.8) is 0 Å². The van der Waals surface area contributed by atoms with Crippen molar-refractivity contribution >= 4 is 45.7 Å². The molecule has 2 aromatic carbocycles. The zero-order chi connectivity index (χ0) is 15.9. The third-order valence-corrected chi connectivity index (χ3v) is 4.41. The molecular weight excluding hydrogens is 354 g/mol. The van der Waals surface area contributed by atoms with E-state index in [-0.39, 0.29) is 23.2 Å². The summed E-state index contributed by atoms with van der Waals surface area (Å²) in [6.07, 6.45) is 0.164. The topological polar surface area (TPSA) is 12.4 Å². The zero-order valence-electron chi connectivity index (χ0n) is 10.9. The summed E-state index contributed by atoms with van der Waals surface area (Å²) >= 11 is 11.9. The Morgan fingerprint density at radius 3 is 2.36 bits per heavy atom. The maximum Gasteiger partial charge on any atom is 0.447 e. The molecule has 1 heterocycles. The molecule has 0 N–H and O–H groups in total. The highest BCUT2D eigenvalue weighted by Crippen LogP contribution is 2.42. The minimum absolute atomic E-state index is 0.0341. The Labute approximate surface area is 139 Å². The van der Waals surface area contributed by atoms with Crippen LogP contribution in [0.3, 0.4) is 0 Å². The van der Waals surface area contributed by atoms with Gasteiger partial charge in [-0.15, -0.1) is 0 Å². The molecule has 1 aliphatic rings. The van der Waals surface area contributed by atoms with E-state index in [0.717, 1.165) is 16.7 Å². The van der Waals surface area contributed by atoms with Crippen LogP contribution in [0.1, 0.15) is 5.56 Å². The Morgan fingerprint density at radius 1 is 1.05 bits per heavy atom. The highest BCUT2D eigenvalue weighted by Gasteiger charge is 2.33. The first-order valence-corrected chi connectivity index (χ1v) is 7.81. The van der Waals surface area contributed by atoms with E-state index in [1.807, 2.05) is 12.1 Å². The molecule has 0 saturated heterocycles. The summed E-state index contributed by atoms with van der Waals surface area (Å²) in [7, 11) is 0. The van der Waals surface area contributed by atoms with Gasteiger partial charge in [-0.05, 0) is 35.4 Å². The van der Waals surface area contributed by atoms with E-state index in [1.54, 1.807) is 24.3 Å². The van der Waals surface area contributed by atoms with E-state index in [0.29, 0.717) is 15.7 Å². The Kier molecular flexibility index (Phi) is 4.14. The quantitative estimate of drug-likeness (QED) is 0.564. The van der Waals surface area contributed by atoms with Gasteiger partial charge in [-0.25, -0.2) is 4.99 Å². The fourth-order valence-corrected chi connectivity index (χ4v) is 3.27. The molecule has 0 spiro atoms. The maximum atomic E-state index is 12.4. The lowest BCUT2D eigenvalue weighted by atomic mass is 10.0. The molecule has 0 bridgehead atoms. The van der Waals surface area contributed by atoms with Crippen LogP contribution in [0.25, 0.3) is 11.1 Å². The second-order valence-corrected chi connectivity index (χ2v) is 6.68. The number of rotatable bonds is 1. The van der Waals surface area contributed by atoms with Crippen LogP contribution < -0.4 is 0 Å². The Bertz CT molecular complexity index is 755. The van der Waals surface area contributed by atoms with Crippen LogP contribution >= 0.6 is 35.0 Å². The Balaban J connectivity index is 1.93. The summed E-state index contributed by atoms with van der Waals surface area (Å²) in [6, 6.07) is 10.5. The SMILES string of the molecule is FC(F)(F)SC1=Nc2cc(Cl)c(-c3ccc(Cl)cc3)cc2C1. The molecule has 0 saturated carbocycles. The molecule has 2 aromatic rings. The van der Waals surface area contributed by atoms with Crippen molar-refractivity contribution in [2.75, 3.05) is 0 Å². The molecule has 1 aliphatic heterocycles. The predicted octanol–water partition coefficient (Wildman–Crippen LogP) is 6.50. The molecule has 0 fully saturated rings. The van der Waals surface area contributed by atoms with Gasteiger partial charge in [-0.3, -0.25) is 0 Å². The molecule has 0 aromatic heterocycles. The summed E-state index contributed by atoms with van der Waals surface area (Å²) in [5.41, 5.74) is -1.49. The van der Waals surface area contributed by atoms with Crippen molar-refractivity contribution in [1.82, 2.24) is 0 Å². The van der Waals surface area contributed by atoms with Gasteiger partial charge in [0.1, 0.15) is 0 Å². The monoisotopic (exact) mass is 361 g/mol. The average molecular weight is 362 g/mol. The van der Waals surface area contributed by atoms with Crippen LogP contribution in [0, 0.1) is 0 Å². The fraction of sp³-hybridized carbons (Fsp3) is 0.133. The van der Waals surface area contributed by atoms with Crippen LogP contribution in [0.4, 0.5) is 18.9 Å². The number of alkyl halides is 3. The van der Waals surface area contributed by atoms with Gasteiger partial charge in [0, 0.05) is 28.8 Å². The first kappa shape index (κ1) is 15.7. The van der Waals surface area contributed by atoms with E-state index in [4.69, 9.17) is 23.2 Å². The molecule has 3 rings (SSSR count). The lowest BCUT2D eigenvalue weighted by Crippen LogP contribution is -2.06. The Hall–Kier alpha value is -1.17. The summed E-state index contributed by atoms with van der Waals surface area (Å²) in [6.45, 7) is 0. The van der Waals surface area contributed by atoms with Crippen LogP contribution in [0.15, 0.2) is 41.4 Å². The van der Waals surface area contributed by atoms with Crippen molar-refractivity contribution < 1.29 is 13.2 Å². The van der Waals surface area contributed by atoms with Crippen LogP contribution in [-0.2, 0) is 6.42 Å². The summed E-state index contributed by atoms with van der Waals surface area (Å²) < 4.78 is 37.3. The fourth-order valence-electron chi connectivity index (χ4n) is 2.23. The molecule has 0 atom stereocenters. The van der Waals surface area contributed by atoms with Crippen molar-refractivity contribution in [1.29, 1.82) is 0 Å².